The predicted octanol–water partition coefficient (Wildman–Crippen LogP) is 5.78. The number of rotatable bonds is 1. The van der Waals surface area contributed by atoms with Crippen LogP contribution in [-0.4, -0.2) is 0 Å². The van der Waals surface area contributed by atoms with E-state index in [-0.39, 0.29) is 9.91 Å². The van der Waals surface area contributed by atoms with Crippen molar-refractivity contribution in [1.29, 1.82) is 0 Å². The molecule has 0 aromatic heterocycles. The molecule has 74 valence electrons. The zero-order valence-electron chi connectivity index (χ0n) is 7.46. The monoisotopic (exact) mass is 276 g/mol. The van der Waals surface area contributed by atoms with Gasteiger partial charge in [0.2, 0.25) is 0 Å². The molecule has 0 spiro atoms. The number of halogens is 4. The molecular formula is C8H9Cl4P. The van der Waals surface area contributed by atoms with Gasteiger partial charge in [-0.2, -0.15) is 0 Å². The molecular weight excluding hydrogens is 269 g/mol. The van der Waals surface area contributed by atoms with Crippen LogP contribution < -0.4 is 0 Å². The maximum atomic E-state index is 6.10. The first-order valence-electron chi connectivity index (χ1n) is 3.68. The Morgan fingerprint density at radius 2 is 1.62 bits per heavy atom. The fourth-order valence-electron chi connectivity index (χ4n) is 1.07. The van der Waals surface area contributed by atoms with Crippen LogP contribution in [0.5, 0.6) is 0 Å². The second kappa shape index (κ2) is 3.91. The maximum Gasteiger partial charge on any atom is 0.126 e. The van der Waals surface area contributed by atoms with Gasteiger partial charge in [0.25, 0.3) is 0 Å². The molecule has 1 atom stereocenters. The highest BCUT2D eigenvalue weighted by Gasteiger charge is 2.44. The van der Waals surface area contributed by atoms with E-state index in [0.717, 1.165) is 5.31 Å². The van der Waals surface area contributed by atoms with Crippen LogP contribution >= 0.6 is 53.3 Å². The Balaban J connectivity index is 2.99. The molecule has 1 heterocycles. The summed E-state index contributed by atoms with van der Waals surface area (Å²) in [5.41, 5.74) is 0.0617. The van der Waals surface area contributed by atoms with E-state index in [1.807, 2.05) is 0 Å². The van der Waals surface area contributed by atoms with Crippen LogP contribution in [0.1, 0.15) is 20.8 Å². The van der Waals surface area contributed by atoms with Gasteiger partial charge in [0.05, 0.1) is 12.3 Å². The lowest BCUT2D eigenvalue weighted by Crippen LogP contribution is -2.00. The molecule has 0 aromatic rings. The minimum Gasteiger partial charge on any atom is -0.0861 e. The summed E-state index contributed by atoms with van der Waals surface area (Å²) in [5, 5.41) is 2.55. The third-order valence-corrected chi connectivity index (χ3v) is 5.65. The maximum absolute atomic E-state index is 6.10. The first kappa shape index (κ1) is 12.1. The molecule has 0 saturated carbocycles. The molecule has 0 unspecified atom stereocenters. The fraction of sp³-hybridized carbons (Fsp3) is 0.500. The summed E-state index contributed by atoms with van der Waals surface area (Å²) in [7, 11) is -0.710. The van der Waals surface area contributed by atoms with Crippen molar-refractivity contribution in [2.75, 3.05) is 0 Å². The zero-order valence-corrected chi connectivity index (χ0v) is 11.4. The molecule has 0 N–H and O–H groups in total. The van der Waals surface area contributed by atoms with Crippen LogP contribution in [-0.2, 0) is 0 Å². The van der Waals surface area contributed by atoms with Crippen LogP contribution in [0.25, 0.3) is 0 Å². The molecule has 1 aliphatic heterocycles. The molecule has 0 nitrogen and oxygen atoms in total. The zero-order chi connectivity index (χ0) is 10.4. The minimum absolute atomic E-state index is 0.0617. The molecule has 13 heavy (non-hydrogen) atoms. The van der Waals surface area contributed by atoms with Crippen LogP contribution in [0.3, 0.4) is 0 Å². The Hall–Kier alpha value is 1.07. The number of hydrogen-bond donors (Lipinski definition) is 0. The molecule has 1 aliphatic rings. The molecule has 0 aliphatic carbocycles. The van der Waals surface area contributed by atoms with Crippen LogP contribution in [0.15, 0.2) is 20.2 Å². The second-order valence-electron chi connectivity index (χ2n) is 3.80. The Kier molecular flexibility index (Phi) is 3.65. The summed E-state index contributed by atoms with van der Waals surface area (Å²) in [5.74, 6) is 0. The average molecular weight is 278 g/mol. The summed E-state index contributed by atoms with van der Waals surface area (Å²) in [6.45, 7) is 6.29. The topological polar surface area (TPSA) is 0 Å². The van der Waals surface area contributed by atoms with E-state index in [1.54, 1.807) is 0 Å². The third kappa shape index (κ3) is 2.55. The molecule has 0 bridgehead atoms. The van der Waals surface area contributed by atoms with E-state index in [4.69, 9.17) is 46.0 Å². The lowest BCUT2D eigenvalue weighted by atomic mass is 9.96. The highest BCUT2D eigenvalue weighted by atomic mass is 35.7. The minimum atomic E-state index is -0.710. The summed E-state index contributed by atoms with van der Waals surface area (Å²) in [6, 6.07) is 0. The van der Waals surface area contributed by atoms with Crippen molar-refractivity contribution in [3.8, 4) is 0 Å². The Morgan fingerprint density at radius 3 is 1.85 bits per heavy atom. The van der Waals surface area contributed by atoms with Gasteiger partial charge in [0.15, 0.2) is 0 Å². The summed E-state index contributed by atoms with van der Waals surface area (Å²) >= 11 is 23.1. The molecule has 1 rings (SSSR count). The van der Waals surface area contributed by atoms with Crippen molar-refractivity contribution in [2.45, 2.75) is 20.8 Å². The van der Waals surface area contributed by atoms with Crippen LogP contribution in [0.2, 0.25) is 0 Å². The Morgan fingerprint density at radius 1 is 1.15 bits per heavy atom. The van der Waals surface area contributed by atoms with E-state index in [2.05, 4.69) is 20.8 Å². The molecule has 0 amide bonds. The third-order valence-electron chi connectivity index (χ3n) is 1.65. The number of allylic oxidation sites excluding steroid dienone is 3. The lowest BCUT2D eigenvalue weighted by Gasteiger charge is -2.12. The van der Waals surface area contributed by atoms with Gasteiger partial charge < -0.3 is 0 Å². The Labute approximate surface area is 99.4 Å². The fourth-order valence-corrected chi connectivity index (χ4v) is 5.27. The normalized spacial score (nSPS) is 21.9. The smallest absolute Gasteiger partial charge is 0.0861 e. The van der Waals surface area contributed by atoms with Crippen LogP contribution in [0, 0.1) is 5.41 Å². The van der Waals surface area contributed by atoms with Crippen LogP contribution in [0.4, 0.5) is 0 Å². The largest absolute Gasteiger partial charge is 0.126 e. The van der Waals surface area contributed by atoms with E-state index < -0.39 is 7.27 Å². The standard InChI is InChI=1S/C8H9Cl4P/c1-8(2,3)6-5(13(6)12)4(9)7(10)11/h1-3H3/t13-/m0/s1. The van der Waals surface area contributed by atoms with Crippen molar-refractivity contribution >= 4 is 53.3 Å². The molecule has 0 saturated heterocycles. The first-order valence-corrected chi connectivity index (χ1v) is 7.06. The Bertz CT molecular complexity index is 294. The number of hydrogen-bond acceptors (Lipinski definition) is 0. The van der Waals surface area contributed by atoms with Gasteiger partial charge in [-0.1, -0.05) is 66.8 Å². The van der Waals surface area contributed by atoms with Gasteiger partial charge in [0, 0.05) is 5.31 Å². The van der Waals surface area contributed by atoms with E-state index in [0.29, 0.717) is 5.03 Å². The van der Waals surface area contributed by atoms with Gasteiger partial charge in [-0.15, -0.1) is 0 Å². The van der Waals surface area contributed by atoms with Crippen molar-refractivity contribution in [2.24, 2.45) is 5.41 Å². The molecule has 0 fully saturated rings. The van der Waals surface area contributed by atoms with Gasteiger partial charge in [-0.3, -0.25) is 0 Å². The second-order valence-corrected chi connectivity index (χ2v) is 7.60. The molecule has 0 radical (unpaired) electrons. The molecule has 0 aromatic carbocycles. The highest BCUT2D eigenvalue weighted by molar-refractivity contribution is 7.96. The quantitative estimate of drug-likeness (QED) is 0.533. The van der Waals surface area contributed by atoms with Gasteiger partial charge in [0.1, 0.15) is 4.49 Å². The van der Waals surface area contributed by atoms with Crippen molar-refractivity contribution in [1.82, 2.24) is 0 Å². The van der Waals surface area contributed by atoms with E-state index in [9.17, 15) is 0 Å². The van der Waals surface area contributed by atoms with E-state index >= 15 is 0 Å². The van der Waals surface area contributed by atoms with Crippen molar-refractivity contribution < 1.29 is 0 Å². The highest BCUT2D eigenvalue weighted by Crippen LogP contribution is 2.80. The summed E-state index contributed by atoms with van der Waals surface area (Å²) in [6.07, 6.45) is 0. The van der Waals surface area contributed by atoms with E-state index in [1.165, 1.54) is 5.31 Å². The van der Waals surface area contributed by atoms with Gasteiger partial charge in [-0.05, 0) is 10.7 Å². The van der Waals surface area contributed by atoms with Crippen molar-refractivity contribution in [3.05, 3.63) is 20.2 Å². The average Bonchev–Trinajstić information content (AvgIpc) is 2.58. The van der Waals surface area contributed by atoms with Crippen molar-refractivity contribution in [3.63, 3.8) is 0 Å². The van der Waals surface area contributed by atoms with Gasteiger partial charge in [-0.25, -0.2) is 0 Å². The predicted molar refractivity (Wildman–Crippen MR) is 63.8 cm³/mol. The summed E-state index contributed by atoms with van der Waals surface area (Å²) in [4.78, 5) is 0. The first-order chi connectivity index (χ1) is 5.76. The SMILES string of the molecule is CC(C)(C)C1=C(C(Cl)=C(Cl)Cl)[P@]1Cl. The van der Waals surface area contributed by atoms with Gasteiger partial charge >= 0.3 is 0 Å². The summed E-state index contributed by atoms with van der Waals surface area (Å²) < 4.78 is 0.101. The molecule has 5 heteroatoms. The lowest BCUT2D eigenvalue weighted by molar-refractivity contribution is 0.538.